The molecule has 1 saturated carbocycles. The lowest BCUT2D eigenvalue weighted by atomic mass is 10.3. The van der Waals surface area contributed by atoms with Crippen molar-refractivity contribution in [3.63, 3.8) is 0 Å². The molecule has 2 rings (SSSR count). The number of carbonyl (C=O) groups excluding carboxylic acids is 1. The van der Waals surface area contributed by atoms with Gasteiger partial charge in [0, 0.05) is 11.4 Å². The fourth-order valence-electron chi connectivity index (χ4n) is 0.983. The number of hydrogen-bond donors (Lipinski definition) is 1. The van der Waals surface area contributed by atoms with Crippen molar-refractivity contribution in [2.24, 2.45) is 0 Å². The number of halogens is 1. The minimum atomic E-state index is -0.633. The third kappa shape index (κ3) is 2.19. The Morgan fingerprint density at radius 3 is 3.08 bits per heavy atom. The summed E-state index contributed by atoms with van der Waals surface area (Å²) in [5.41, 5.74) is 2.32. The van der Waals surface area contributed by atoms with Crippen LogP contribution < -0.4 is 5.32 Å². The van der Waals surface area contributed by atoms with E-state index in [9.17, 15) is 4.79 Å². The molecule has 0 saturated heterocycles. The Morgan fingerprint density at radius 1 is 1.77 bits per heavy atom. The molecular weight excluding hydrogens is 208 g/mol. The maximum absolute atomic E-state index is 11.4. The molecule has 13 heavy (non-hydrogen) atoms. The summed E-state index contributed by atoms with van der Waals surface area (Å²) < 4.78 is 0. The van der Waals surface area contributed by atoms with Crippen LogP contribution in [0.2, 0.25) is 0 Å². The number of nitrogens with one attached hydrogen (secondary N) is 1. The van der Waals surface area contributed by atoms with E-state index in [0.29, 0.717) is 11.7 Å². The number of hydrogen-bond acceptors (Lipinski definition) is 3. The molecule has 1 aromatic rings. The van der Waals surface area contributed by atoms with E-state index < -0.39 is 5.38 Å². The van der Waals surface area contributed by atoms with Gasteiger partial charge in [0.25, 0.3) is 0 Å². The van der Waals surface area contributed by atoms with Crippen LogP contribution in [-0.2, 0) is 4.79 Å². The Labute approximate surface area is 85.1 Å². The van der Waals surface area contributed by atoms with Crippen LogP contribution in [0.4, 0.5) is 0 Å². The van der Waals surface area contributed by atoms with Crippen LogP contribution >= 0.6 is 22.9 Å². The van der Waals surface area contributed by atoms with Crippen LogP contribution in [0.5, 0.6) is 0 Å². The minimum absolute atomic E-state index is 0.130. The first kappa shape index (κ1) is 8.97. The number of thiazole rings is 1. The van der Waals surface area contributed by atoms with Gasteiger partial charge in [0.2, 0.25) is 5.91 Å². The lowest BCUT2D eigenvalue weighted by Gasteiger charge is -2.06. The van der Waals surface area contributed by atoms with E-state index >= 15 is 0 Å². The standard InChI is InChI=1S/C8H9ClN2OS/c9-7(6-3-13-4-10-6)8(12)11-5-1-2-5/h3-5,7H,1-2H2,(H,11,12). The minimum Gasteiger partial charge on any atom is -0.352 e. The predicted octanol–water partition coefficient (Wildman–Crippen LogP) is 1.70. The van der Waals surface area contributed by atoms with E-state index in [1.807, 2.05) is 0 Å². The number of alkyl halides is 1. The van der Waals surface area contributed by atoms with Gasteiger partial charge in [-0.15, -0.1) is 22.9 Å². The van der Waals surface area contributed by atoms with Crippen molar-refractivity contribution in [2.45, 2.75) is 24.3 Å². The summed E-state index contributed by atoms with van der Waals surface area (Å²) in [5.74, 6) is -0.130. The van der Waals surface area contributed by atoms with Crippen molar-refractivity contribution in [1.82, 2.24) is 10.3 Å². The Bertz CT molecular complexity index is 297. The smallest absolute Gasteiger partial charge is 0.244 e. The second kappa shape index (κ2) is 3.64. The average Bonchev–Trinajstić information content (AvgIpc) is 2.78. The van der Waals surface area contributed by atoms with Gasteiger partial charge in [-0.05, 0) is 12.8 Å². The highest BCUT2D eigenvalue weighted by Crippen LogP contribution is 2.24. The van der Waals surface area contributed by atoms with Crippen LogP contribution in [0.25, 0.3) is 0 Å². The van der Waals surface area contributed by atoms with Gasteiger partial charge in [-0.1, -0.05) is 0 Å². The molecule has 3 nitrogen and oxygen atoms in total. The summed E-state index contributed by atoms with van der Waals surface area (Å²) in [5, 5.41) is 4.00. The van der Waals surface area contributed by atoms with E-state index in [-0.39, 0.29) is 5.91 Å². The molecule has 1 atom stereocenters. The maximum atomic E-state index is 11.4. The molecule has 1 N–H and O–H groups in total. The zero-order valence-corrected chi connectivity index (χ0v) is 8.44. The molecule has 70 valence electrons. The number of amides is 1. The fraction of sp³-hybridized carbons (Fsp3) is 0.500. The lowest BCUT2D eigenvalue weighted by Crippen LogP contribution is -2.28. The van der Waals surface area contributed by atoms with Crippen molar-refractivity contribution in [2.75, 3.05) is 0 Å². The molecule has 1 aliphatic rings. The van der Waals surface area contributed by atoms with Crippen LogP contribution in [0.3, 0.4) is 0 Å². The first-order chi connectivity index (χ1) is 6.27. The van der Waals surface area contributed by atoms with E-state index in [1.165, 1.54) is 11.3 Å². The highest BCUT2D eigenvalue weighted by atomic mass is 35.5. The van der Waals surface area contributed by atoms with E-state index in [4.69, 9.17) is 11.6 Å². The Balaban J connectivity index is 1.95. The molecule has 0 aliphatic heterocycles. The summed E-state index contributed by atoms with van der Waals surface area (Å²) in [6.07, 6.45) is 2.15. The van der Waals surface area contributed by atoms with Crippen LogP contribution in [-0.4, -0.2) is 16.9 Å². The molecule has 1 unspecified atom stereocenters. The molecular formula is C8H9ClN2OS. The topological polar surface area (TPSA) is 42.0 Å². The van der Waals surface area contributed by atoms with Gasteiger partial charge in [-0.2, -0.15) is 0 Å². The van der Waals surface area contributed by atoms with Gasteiger partial charge in [-0.25, -0.2) is 4.98 Å². The Kier molecular flexibility index (Phi) is 2.51. The molecule has 0 spiro atoms. The molecule has 1 aromatic heterocycles. The zero-order valence-electron chi connectivity index (χ0n) is 6.87. The monoisotopic (exact) mass is 216 g/mol. The molecule has 1 aliphatic carbocycles. The number of nitrogens with zero attached hydrogens (tertiary/aromatic N) is 1. The zero-order chi connectivity index (χ0) is 9.26. The Morgan fingerprint density at radius 2 is 2.54 bits per heavy atom. The van der Waals surface area contributed by atoms with Crippen molar-refractivity contribution >= 4 is 28.8 Å². The molecule has 5 heteroatoms. The van der Waals surface area contributed by atoms with Gasteiger partial charge >= 0.3 is 0 Å². The van der Waals surface area contributed by atoms with Crippen molar-refractivity contribution in [3.8, 4) is 0 Å². The average molecular weight is 217 g/mol. The summed E-state index contributed by atoms with van der Waals surface area (Å²) in [7, 11) is 0. The number of carbonyl (C=O) groups is 1. The third-order valence-electron chi connectivity index (χ3n) is 1.87. The van der Waals surface area contributed by atoms with Crippen molar-refractivity contribution in [1.29, 1.82) is 0 Å². The third-order valence-corrected chi connectivity index (χ3v) is 2.89. The van der Waals surface area contributed by atoms with Crippen LogP contribution in [0.1, 0.15) is 23.9 Å². The van der Waals surface area contributed by atoms with Gasteiger partial charge < -0.3 is 5.32 Å². The number of aromatic nitrogens is 1. The summed E-state index contributed by atoms with van der Waals surface area (Å²) in [6.45, 7) is 0. The molecule has 0 bridgehead atoms. The van der Waals surface area contributed by atoms with Crippen LogP contribution in [0.15, 0.2) is 10.9 Å². The Hall–Kier alpha value is -0.610. The molecule has 1 fully saturated rings. The van der Waals surface area contributed by atoms with Crippen molar-refractivity contribution in [3.05, 3.63) is 16.6 Å². The first-order valence-electron chi connectivity index (χ1n) is 4.10. The second-order valence-corrected chi connectivity index (χ2v) is 4.21. The summed E-state index contributed by atoms with van der Waals surface area (Å²) in [4.78, 5) is 15.4. The van der Waals surface area contributed by atoms with E-state index in [2.05, 4.69) is 10.3 Å². The largest absolute Gasteiger partial charge is 0.352 e. The first-order valence-corrected chi connectivity index (χ1v) is 5.48. The van der Waals surface area contributed by atoms with Crippen molar-refractivity contribution < 1.29 is 4.79 Å². The summed E-state index contributed by atoms with van der Waals surface area (Å²) in [6, 6.07) is 0.354. The highest BCUT2D eigenvalue weighted by molar-refractivity contribution is 7.07. The molecule has 1 heterocycles. The van der Waals surface area contributed by atoms with Gasteiger partial charge in [-0.3, -0.25) is 4.79 Å². The second-order valence-electron chi connectivity index (χ2n) is 3.06. The van der Waals surface area contributed by atoms with Gasteiger partial charge in [0.1, 0.15) is 0 Å². The van der Waals surface area contributed by atoms with E-state index in [1.54, 1.807) is 10.9 Å². The fourth-order valence-corrected chi connectivity index (χ4v) is 1.82. The SMILES string of the molecule is O=C(NC1CC1)C(Cl)c1cscn1. The maximum Gasteiger partial charge on any atom is 0.244 e. The molecule has 0 aromatic carbocycles. The lowest BCUT2D eigenvalue weighted by molar-refractivity contribution is -0.121. The molecule has 1 amide bonds. The highest BCUT2D eigenvalue weighted by Gasteiger charge is 2.27. The summed E-state index contributed by atoms with van der Waals surface area (Å²) >= 11 is 7.35. The van der Waals surface area contributed by atoms with E-state index in [0.717, 1.165) is 12.8 Å². The predicted molar refractivity (Wildman–Crippen MR) is 51.9 cm³/mol. The quantitative estimate of drug-likeness (QED) is 0.782. The van der Waals surface area contributed by atoms with Gasteiger partial charge in [0.15, 0.2) is 5.38 Å². The normalized spacial score (nSPS) is 18.2. The van der Waals surface area contributed by atoms with Gasteiger partial charge in [0.05, 0.1) is 11.2 Å². The molecule has 0 radical (unpaired) electrons. The number of rotatable bonds is 3. The van der Waals surface area contributed by atoms with Crippen LogP contribution in [0, 0.1) is 0 Å².